The predicted molar refractivity (Wildman–Crippen MR) is 61.9 cm³/mol. The summed E-state index contributed by atoms with van der Waals surface area (Å²) in [5, 5.41) is 3.86. The first-order valence-corrected chi connectivity index (χ1v) is 5.89. The van der Waals surface area contributed by atoms with Crippen molar-refractivity contribution in [2.75, 3.05) is 13.6 Å². The fourth-order valence-corrected chi connectivity index (χ4v) is 3.27. The second kappa shape index (κ2) is 3.07. The lowest BCUT2D eigenvalue weighted by Gasteiger charge is -2.13. The molecule has 0 bridgehead atoms. The minimum Gasteiger partial charge on any atom is -0.302 e. The van der Waals surface area contributed by atoms with Gasteiger partial charge in [0.05, 0.1) is 0 Å². The standard InChI is InChI=1S/C12H13NS/c1-13-6-5-10-8-14-11-4-2-3-9(7-13)12(10)11/h2-4,8H,5-7H2,1H3. The normalized spacial score (nSPS) is 17.2. The molecule has 2 heterocycles. The third-order valence-electron chi connectivity index (χ3n) is 2.96. The monoisotopic (exact) mass is 203 g/mol. The number of nitrogens with zero attached hydrogens (tertiary/aromatic N) is 1. The molecule has 0 spiro atoms. The highest BCUT2D eigenvalue weighted by Crippen LogP contribution is 2.31. The van der Waals surface area contributed by atoms with Gasteiger partial charge in [-0.15, -0.1) is 11.3 Å². The molecule has 1 aliphatic heterocycles. The van der Waals surface area contributed by atoms with Gasteiger partial charge in [-0.2, -0.15) is 0 Å². The summed E-state index contributed by atoms with van der Waals surface area (Å²) in [6.07, 6.45) is 1.20. The van der Waals surface area contributed by atoms with Gasteiger partial charge >= 0.3 is 0 Å². The van der Waals surface area contributed by atoms with Gasteiger partial charge in [0.2, 0.25) is 0 Å². The Balaban J connectivity index is 2.31. The second-order valence-electron chi connectivity index (χ2n) is 4.04. The summed E-state index contributed by atoms with van der Waals surface area (Å²) in [6.45, 7) is 2.28. The average molecular weight is 203 g/mol. The van der Waals surface area contributed by atoms with Gasteiger partial charge in [0.1, 0.15) is 0 Å². The zero-order valence-electron chi connectivity index (χ0n) is 8.29. The van der Waals surface area contributed by atoms with E-state index in [1.165, 1.54) is 28.6 Å². The van der Waals surface area contributed by atoms with Gasteiger partial charge in [0, 0.05) is 23.2 Å². The molecule has 2 aromatic rings. The molecule has 0 amide bonds. The van der Waals surface area contributed by atoms with E-state index in [4.69, 9.17) is 0 Å². The lowest BCUT2D eigenvalue weighted by molar-refractivity contribution is 0.337. The van der Waals surface area contributed by atoms with Crippen LogP contribution in [0.1, 0.15) is 11.1 Å². The Morgan fingerprint density at radius 3 is 3.14 bits per heavy atom. The van der Waals surface area contributed by atoms with Crippen LogP contribution in [0.3, 0.4) is 0 Å². The first kappa shape index (κ1) is 8.45. The number of thiophene rings is 1. The van der Waals surface area contributed by atoms with Crippen LogP contribution in [0.25, 0.3) is 10.1 Å². The summed E-state index contributed by atoms with van der Waals surface area (Å²) in [5.41, 5.74) is 3.05. The smallest absolute Gasteiger partial charge is 0.0348 e. The Bertz CT molecular complexity index is 472. The lowest BCUT2D eigenvalue weighted by atomic mass is 10.1. The van der Waals surface area contributed by atoms with E-state index < -0.39 is 0 Å². The SMILES string of the molecule is CN1CCc2csc3cccc(c23)C1. The number of benzene rings is 1. The van der Waals surface area contributed by atoms with Crippen molar-refractivity contribution in [2.24, 2.45) is 0 Å². The van der Waals surface area contributed by atoms with Crippen LogP contribution in [0.2, 0.25) is 0 Å². The number of rotatable bonds is 0. The zero-order valence-corrected chi connectivity index (χ0v) is 9.10. The highest BCUT2D eigenvalue weighted by molar-refractivity contribution is 7.17. The van der Waals surface area contributed by atoms with E-state index in [-0.39, 0.29) is 0 Å². The summed E-state index contributed by atoms with van der Waals surface area (Å²) in [4.78, 5) is 2.40. The third kappa shape index (κ3) is 1.18. The third-order valence-corrected chi connectivity index (χ3v) is 3.96. The zero-order chi connectivity index (χ0) is 9.54. The first-order valence-electron chi connectivity index (χ1n) is 5.01. The average Bonchev–Trinajstić information content (AvgIpc) is 2.51. The van der Waals surface area contributed by atoms with Gasteiger partial charge in [0.25, 0.3) is 0 Å². The Kier molecular flexibility index (Phi) is 1.85. The molecule has 0 N–H and O–H groups in total. The van der Waals surface area contributed by atoms with Gasteiger partial charge in [-0.05, 0) is 36.0 Å². The summed E-state index contributed by atoms with van der Waals surface area (Å²) >= 11 is 1.88. The minimum atomic E-state index is 1.10. The van der Waals surface area contributed by atoms with Crippen molar-refractivity contribution in [1.29, 1.82) is 0 Å². The summed E-state index contributed by atoms with van der Waals surface area (Å²) in [6, 6.07) is 6.68. The maximum Gasteiger partial charge on any atom is 0.0348 e. The van der Waals surface area contributed by atoms with Gasteiger partial charge < -0.3 is 4.90 Å². The van der Waals surface area contributed by atoms with Crippen molar-refractivity contribution in [3.8, 4) is 0 Å². The highest BCUT2D eigenvalue weighted by atomic mass is 32.1. The summed E-state index contributed by atoms with van der Waals surface area (Å²) < 4.78 is 1.45. The molecule has 1 aromatic heterocycles. The fourth-order valence-electron chi connectivity index (χ4n) is 2.23. The topological polar surface area (TPSA) is 3.24 Å². The summed E-state index contributed by atoms with van der Waals surface area (Å²) in [5.74, 6) is 0. The molecule has 2 heteroatoms. The van der Waals surface area contributed by atoms with Gasteiger partial charge in [-0.3, -0.25) is 0 Å². The number of hydrogen-bond donors (Lipinski definition) is 0. The van der Waals surface area contributed by atoms with Crippen molar-refractivity contribution in [1.82, 2.24) is 4.90 Å². The molecule has 0 atom stereocenters. The van der Waals surface area contributed by atoms with Crippen molar-refractivity contribution in [3.63, 3.8) is 0 Å². The molecule has 0 fully saturated rings. The van der Waals surface area contributed by atoms with E-state index in [1.54, 1.807) is 5.56 Å². The van der Waals surface area contributed by atoms with Gasteiger partial charge in [0.15, 0.2) is 0 Å². The maximum absolute atomic E-state index is 2.40. The quantitative estimate of drug-likeness (QED) is 0.636. The Hall–Kier alpha value is -0.860. The van der Waals surface area contributed by atoms with Crippen LogP contribution in [0, 0.1) is 0 Å². The van der Waals surface area contributed by atoms with Gasteiger partial charge in [-0.25, -0.2) is 0 Å². The number of likely N-dealkylation sites (N-methyl/N-ethyl adjacent to an activating group) is 1. The van der Waals surface area contributed by atoms with Crippen LogP contribution in [0.15, 0.2) is 23.6 Å². The lowest BCUT2D eigenvalue weighted by Crippen LogP contribution is -2.18. The van der Waals surface area contributed by atoms with Crippen LogP contribution in [-0.2, 0) is 13.0 Å². The molecule has 72 valence electrons. The Labute approximate surface area is 88.0 Å². The molecule has 3 rings (SSSR count). The minimum absolute atomic E-state index is 1.10. The van der Waals surface area contributed by atoms with E-state index in [2.05, 4.69) is 35.5 Å². The molecule has 1 nitrogen and oxygen atoms in total. The Morgan fingerprint density at radius 2 is 2.21 bits per heavy atom. The maximum atomic E-state index is 2.40. The molecular weight excluding hydrogens is 190 g/mol. The van der Waals surface area contributed by atoms with Crippen LogP contribution in [0.5, 0.6) is 0 Å². The van der Waals surface area contributed by atoms with E-state index >= 15 is 0 Å². The molecule has 0 saturated heterocycles. The molecule has 0 saturated carbocycles. The number of hydrogen-bond acceptors (Lipinski definition) is 2. The molecule has 0 unspecified atom stereocenters. The van der Waals surface area contributed by atoms with Crippen LogP contribution >= 0.6 is 11.3 Å². The van der Waals surface area contributed by atoms with Crippen molar-refractivity contribution in [2.45, 2.75) is 13.0 Å². The molecule has 14 heavy (non-hydrogen) atoms. The van der Waals surface area contributed by atoms with Gasteiger partial charge in [-0.1, -0.05) is 12.1 Å². The van der Waals surface area contributed by atoms with Crippen LogP contribution in [0.4, 0.5) is 0 Å². The van der Waals surface area contributed by atoms with Crippen molar-refractivity contribution >= 4 is 21.4 Å². The van der Waals surface area contributed by atoms with Crippen LogP contribution < -0.4 is 0 Å². The Morgan fingerprint density at radius 1 is 1.29 bits per heavy atom. The van der Waals surface area contributed by atoms with Crippen LogP contribution in [-0.4, -0.2) is 18.5 Å². The van der Waals surface area contributed by atoms with E-state index in [0.717, 1.165) is 6.54 Å². The second-order valence-corrected chi connectivity index (χ2v) is 4.95. The largest absolute Gasteiger partial charge is 0.302 e. The van der Waals surface area contributed by atoms with E-state index in [0.29, 0.717) is 0 Å². The van der Waals surface area contributed by atoms with Crippen molar-refractivity contribution in [3.05, 3.63) is 34.7 Å². The molecule has 0 aliphatic carbocycles. The fraction of sp³-hybridized carbons (Fsp3) is 0.333. The van der Waals surface area contributed by atoms with E-state index in [9.17, 15) is 0 Å². The highest BCUT2D eigenvalue weighted by Gasteiger charge is 2.14. The predicted octanol–water partition coefficient (Wildman–Crippen LogP) is 2.89. The molecule has 0 radical (unpaired) electrons. The molecule has 1 aromatic carbocycles. The van der Waals surface area contributed by atoms with E-state index in [1.807, 2.05) is 11.3 Å². The molecule has 1 aliphatic rings. The van der Waals surface area contributed by atoms with Crippen molar-refractivity contribution < 1.29 is 0 Å². The molecular formula is C12H13NS. The summed E-state index contributed by atoms with van der Waals surface area (Å²) in [7, 11) is 2.20. The first-order chi connectivity index (χ1) is 6.84.